The molecule has 0 aliphatic carbocycles. The number of aliphatic carboxylic acids is 1. The maximum absolute atomic E-state index is 10.8. The maximum Gasteiger partial charge on any atom is 0.372 e. The van der Waals surface area contributed by atoms with Gasteiger partial charge < -0.3 is 5.11 Å². The fourth-order valence-electron chi connectivity index (χ4n) is 1.66. The molecule has 0 bridgehead atoms. The number of carboxylic acids is 1. The Bertz CT molecular complexity index is 260. The molecule has 0 fully saturated rings. The number of ketones is 1. The van der Waals surface area contributed by atoms with Gasteiger partial charge in [-0.3, -0.25) is 4.79 Å². The molecule has 0 saturated heterocycles. The highest BCUT2D eigenvalue weighted by atomic mass is 16.4. The van der Waals surface area contributed by atoms with Gasteiger partial charge in [0.25, 0.3) is 0 Å². The molecule has 0 aliphatic rings. The van der Waals surface area contributed by atoms with Gasteiger partial charge in [0.1, 0.15) is 0 Å². The van der Waals surface area contributed by atoms with Crippen LogP contribution in [-0.4, -0.2) is 16.9 Å². The first-order chi connectivity index (χ1) is 7.51. The monoisotopic (exact) mass is 226 g/mol. The largest absolute Gasteiger partial charge is 0.476 e. The van der Waals surface area contributed by atoms with Gasteiger partial charge in [-0.1, -0.05) is 32.4 Å². The zero-order valence-electron chi connectivity index (χ0n) is 10.5. The number of hydrogen-bond acceptors (Lipinski definition) is 2. The fraction of sp³-hybridized carbons (Fsp3) is 0.692. The summed E-state index contributed by atoms with van der Waals surface area (Å²) in [5.41, 5.74) is 1.43. The van der Waals surface area contributed by atoms with E-state index in [9.17, 15) is 9.59 Å². The standard InChI is InChI=1S/C13H22O3/c1-4-11(5-2)9-10(3)7-6-8-12(14)13(15)16/h9-10H,4-8H2,1-3H3,(H,15,16). The molecule has 92 valence electrons. The first-order valence-corrected chi connectivity index (χ1v) is 5.96. The molecule has 3 nitrogen and oxygen atoms in total. The van der Waals surface area contributed by atoms with Crippen molar-refractivity contribution in [3.05, 3.63) is 11.6 Å². The normalized spacial score (nSPS) is 11.9. The van der Waals surface area contributed by atoms with E-state index in [1.54, 1.807) is 0 Å². The molecule has 0 aliphatic heterocycles. The smallest absolute Gasteiger partial charge is 0.372 e. The molecule has 0 aromatic carbocycles. The summed E-state index contributed by atoms with van der Waals surface area (Å²) < 4.78 is 0. The van der Waals surface area contributed by atoms with Gasteiger partial charge in [-0.25, -0.2) is 4.79 Å². The molecule has 1 unspecified atom stereocenters. The molecular weight excluding hydrogens is 204 g/mol. The Morgan fingerprint density at radius 1 is 1.25 bits per heavy atom. The SMILES string of the molecule is CCC(=CC(C)CCCC(=O)C(=O)O)CC. The molecular formula is C13H22O3. The molecule has 1 atom stereocenters. The van der Waals surface area contributed by atoms with Crippen molar-refractivity contribution in [2.75, 3.05) is 0 Å². The van der Waals surface area contributed by atoms with Crippen molar-refractivity contribution >= 4 is 11.8 Å². The van der Waals surface area contributed by atoms with Gasteiger partial charge in [-0.05, 0) is 31.6 Å². The molecule has 3 heteroatoms. The quantitative estimate of drug-likeness (QED) is 0.511. The topological polar surface area (TPSA) is 54.4 Å². The molecule has 1 N–H and O–H groups in total. The van der Waals surface area contributed by atoms with Crippen LogP contribution in [0.4, 0.5) is 0 Å². The Balaban J connectivity index is 3.90. The molecule has 0 spiro atoms. The summed E-state index contributed by atoms with van der Waals surface area (Å²) in [6, 6.07) is 0. The summed E-state index contributed by atoms with van der Waals surface area (Å²) in [4.78, 5) is 21.1. The lowest BCUT2D eigenvalue weighted by Crippen LogP contribution is -2.12. The Hall–Kier alpha value is -1.12. The van der Waals surface area contributed by atoms with Gasteiger partial charge in [-0.15, -0.1) is 0 Å². The fourth-order valence-corrected chi connectivity index (χ4v) is 1.66. The van der Waals surface area contributed by atoms with Gasteiger partial charge in [0, 0.05) is 6.42 Å². The minimum absolute atomic E-state index is 0.154. The number of Topliss-reactive ketones (excluding diaryl/α,β-unsaturated/α-hetero) is 1. The van der Waals surface area contributed by atoms with E-state index in [-0.39, 0.29) is 6.42 Å². The van der Waals surface area contributed by atoms with Crippen LogP contribution < -0.4 is 0 Å². The Labute approximate surface area is 97.5 Å². The zero-order valence-corrected chi connectivity index (χ0v) is 10.5. The Morgan fingerprint density at radius 3 is 2.25 bits per heavy atom. The van der Waals surface area contributed by atoms with Crippen molar-refractivity contribution in [3.63, 3.8) is 0 Å². The number of carbonyl (C=O) groups is 2. The molecule has 0 heterocycles. The number of carboxylic acid groups (broad SMARTS) is 1. The summed E-state index contributed by atoms with van der Waals surface area (Å²) in [5, 5.41) is 8.41. The number of hydrogen-bond donors (Lipinski definition) is 1. The Morgan fingerprint density at radius 2 is 1.81 bits per heavy atom. The number of allylic oxidation sites excluding steroid dienone is 2. The predicted molar refractivity (Wildman–Crippen MR) is 64.3 cm³/mol. The van der Waals surface area contributed by atoms with E-state index >= 15 is 0 Å². The summed E-state index contributed by atoms with van der Waals surface area (Å²) >= 11 is 0. The maximum atomic E-state index is 10.8. The third kappa shape index (κ3) is 6.38. The van der Waals surface area contributed by atoms with Crippen LogP contribution >= 0.6 is 0 Å². The summed E-state index contributed by atoms with van der Waals surface area (Å²) in [6.07, 6.45) is 6.06. The van der Waals surface area contributed by atoms with E-state index in [1.807, 2.05) is 0 Å². The van der Waals surface area contributed by atoms with Crippen LogP contribution in [0.15, 0.2) is 11.6 Å². The van der Waals surface area contributed by atoms with Crippen molar-refractivity contribution in [2.45, 2.75) is 52.9 Å². The average Bonchev–Trinajstić information content (AvgIpc) is 2.25. The summed E-state index contributed by atoms with van der Waals surface area (Å²) in [7, 11) is 0. The van der Waals surface area contributed by atoms with Crippen molar-refractivity contribution in [2.24, 2.45) is 5.92 Å². The molecule has 0 saturated carbocycles. The lowest BCUT2D eigenvalue weighted by molar-refractivity contribution is -0.149. The van der Waals surface area contributed by atoms with E-state index in [0.29, 0.717) is 12.3 Å². The van der Waals surface area contributed by atoms with E-state index in [2.05, 4.69) is 26.8 Å². The third-order valence-electron chi connectivity index (χ3n) is 2.73. The highest BCUT2D eigenvalue weighted by molar-refractivity contribution is 6.32. The first-order valence-electron chi connectivity index (χ1n) is 5.96. The van der Waals surface area contributed by atoms with Crippen molar-refractivity contribution in [3.8, 4) is 0 Å². The van der Waals surface area contributed by atoms with Crippen LogP contribution in [0.3, 0.4) is 0 Å². The van der Waals surface area contributed by atoms with Crippen LogP contribution in [0, 0.1) is 5.92 Å². The second-order valence-corrected chi connectivity index (χ2v) is 4.13. The third-order valence-corrected chi connectivity index (χ3v) is 2.73. The lowest BCUT2D eigenvalue weighted by Gasteiger charge is -2.08. The highest BCUT2D eigenvalue weighted by Crippen LogP contribution is 2.15. The van der Waals surface area contributed by atoms with Gasteiger partial charge in [0.05, 0.1) is 0 Å². The first kappa shape index (κ1) is 14.9. The van der Waals surface area contributed by atoms with E-state index in [1.165, 1.54) is 5.57 Å². The van der Waals surface area contributed by atoms with Crippen LogP contribution in [0.2, 0.25) is 0 Å². The molecule has 0 radical (unpaired) electrons. The van der Waals surface area contributed by atoms with Crippen molar-refractivity contribution < 1.29 is 14.7 Å². The number of carbonyl (C=O) groups excluding carboxylic acids is 1. The number of rotatable bonds is 8. The van der Waals surface area contributed by atoms with Crippen LogP contribution in [0.5, 0.6) is 0 Å². The molecule has 0 amide bonds. The van der Waals surface area contributed by atoms with E-state index in [4.69, 9.17) is 5.11 Å². The lowest BCUT2D eigenvalue weighted by atomic mass is 9.98. The van der Waals surface area contributed by atoms with Gasteiger partial charge in [0.2, 0.25) is 5.78 Å². The minimum atomic E-state index is -1.31. The van der Waals surface area contributed by atoms with E-state index in [0.717, 1.165) is 19.3 Å². The van der Waals surface area contributed by atoms with Crippen LogP contribution in [-0.2, 0) is 9.59 Å². The average molecular weight is 226 g/mol. The zero-order chi connectivity index (χ0) is 12.6. The van der Waals surface area contributed by atoms with Gasteiger partial charge >= 0.3 is 5.97 Å². The van der Waals surface area contributed by atoms with Gasteiger partial charge in [0.15, 0.2) is 0 Å². The Kier molecular flexibility index (Phi) is 7.52. The second-order valence-electron chi connectivity index (χ2n) is 4.13. The van der Waals surface area contributed by atoms with Crippen molar-refractivity contribution in [1.29, 1.82) is 0 Å². The molecule has 0 rings (SSSR count). The summed E-state index contributed by atoms with van der Waals surface area (Å²) in [6.45, 7) is 6.38. The molecule has 16 heavy (non-hydrogen) atoms. The minimum Gasteiger partial charge on any atom is -0.476 e. The van der Waals surface area contributed by atoms with Gasteiger partial charge in [-0.2, -0.15) is 0 Å². The van der Waals surface area contributed by atoms with Crippen LogP contribution in [0.25, 0.3) is 0 Å². The summed E-state index contributed by atoms with van der Waals surface area (Å²) in [5.74, 6) is -1.56. The highest BCUT2D eigenvalue weighted by Gasteiger charge is 2.11. The van der Waals surface area contributed by atoms with Crippen LogP contribution in [0.1, 0.15) is 52.9 Å². The van der Waals surface area contributed by atoms with Crippen molar-refractivity contribution in [1.82, 2.24) is 0 Å². The second kappa shape index (κ2) is 8.08. The van der Waals surface area contributed by atoms with E-state index < -0.39 is 11.8 Å². The molecule has 0 aromatic rings. The molecule has 0 aromatic heterocycles. The predicted octanol–water partition coefficient (Wildman–Crippen LogP) is 3.19.